The summed E-state index contributed by atoms with van der Waals surface area (Å²) in [5.74, 6) is 0.918. The molecular formula is C14H22N2O2. The molecule has 0 aromatic heterocycles. The number of nitrogens with two attached hydrogens (primary N) is 1. The van der Waals surface area contributed by atoms with E-state index in [2.05, 4.69) is 11.0 Å². The molecule has 4 heteroatoms. The number of ether oxygens (including phenoxy) is 2. The zero-order valence-electron chi connectivity index (χ0n) is 11.0. The predicted octanol–water partition coefficient (Wildman–Crippen LogP) is 1.64. The number of benzene rings is 1. The van der Waals surface area contributed by atoms with E-state index < -0.39 is 0 Å². The molecular weight excluding hydrogens is 228 g/mol. The highest BCUT2D eigenvalue weighted by Gasteiger charge is 2.24. The first kappa shape index (κ1) is 13.2. The summed E-state index contributed by atoms with van der Waals surface area (Å²) < 4.78 is 11.0. The molecule has 1 aromatic carbocycles. The van der Waals surface area contributed by atoms with Gasteiger partial charge in [0.05, 0.1) is 25.4 Å². The molecule has 1 unspecified atom stereocenters. The van der Waals surface area contributed by atoms with E-state index in [0.29, 0.717) is 12.6 Å². The van der Waals surface area contributed by atoms with Gasteiger partial charge in [0.15, 0.2) is 0 Å². The van der Waals surface area contributed by atoms with Crippen molar-refractivity contribution in [2.45, 2.75) is 18.9 Å². The van der Waals surface area contributed by atoms with Crippen molar-refractivity contribution in [1.82, 2.24) is 0 Å². The van der Waals surface area contributed by atoms with Gasteiger partial charge < -0.3 is 20.1 Å². The van der Waals surface area contributed by atoms with Crippen LogP contribution in [-0.2, 0) is 4.74 Å². The van der Waals surface area contributed by atoms with Gasteiger partial charge in [-0.3, -0.25) is 0 Å². The normalized spacial score (nSPS) is 18.9. The third kappa shape index (κ3) is 2.94. The largest absolute Gasteiger partial charge is 0.495 e. The molecule has 0 bridgehead atoms. The molecule has 0 spiro atoms. The molecule has 1 aromatic rings. The molecule has 0 saturated carbocycles. The summed E-state index contributed by atoms with van der Waals surface area (Å²) in [6.45, 7) is 3.30. The Morgan fingerprint density at radius 2 is 2.28 bits per heavy atom. The standard InChI is InChI=1S/C14H22N2O2/c1-17-14-6-3-2-5-13(14)16(9-4-8-15)12-7-10-18-11-12/h2-3,5-6,12H,4,7-11,15H2,1H3. The van der Waals surface area contributed by atoms with Crippen molar-refractivity contribution in [1.29, 1.82) is 0 Å². The van der Waals surface area contributed by atoms with Gasteiger partial charge in [-0.1, -0.05) is 12.1 Å². The quantitative estimate of drug-likeness (QED) is 0.834. The maximum atomic E-state index is 5.63. The molecule has 4 nitrogen and oxygen atoms in total. The molecule has 0 amide bonds. The number of rotatable bonds is 6. The lowest BCUT2D eigenvalue weighted by Crippen LogP contribution is -2.37. The lowest BCUT2D eigenvalue weighted by atomic mass is 10.1. The summed E-state index contributed by atoms with van der Waals surface area (Å²) in [6.07, 6.45) is 2.05. The fourth-order valence-electron chi connectivity index (χ4n) is 2.40. The third-order valence-electron chi connectivity index (χ3n) is 3.34. The van der Waals surface area contributed by atoms with E-state index in [1.54, 1.807) is 7.11 Å². The topological polar surface area (TPSA) is 47.7 Å². The first-order valence-electron chi connectivity index (χ1n) is 6.54. The highest BCUT2D eigenvalue weighted by atomic mass is 16.5. The maximum Gasteiger partial charge on any atom is 0.142 e. The molecule has 1 aliphatic rings. The Labute approximate surface area is 109 Å². The number of nitrogens with zero attached hydrogens (tertiary/aromatic N) is 1. The van der Waals surface area contributed by atoms with Crippen LogP contribution in [0.25, 0.3) is 0 Å². The summed E-state index contributed by atoms with van der Waals surface area (Å²) in [7, 11) is 1.71. The van der Waals surface area contributed by atoms with Crippen LogP contribution in [0, 0.1) is 0 Å². The van der Waals surface area contributed by atoms with Crippen LogP contribution in [0.1, 0.15) is 12.8 Å². The van der Waals surface area contributed by atoms with Gasteiger partial charge in [0.1, 0.15) is 5.75 Å². The molecule has 0 radical (unpaired) electrons. The lowest BCUT2D eigenvalue weighted by molar-refractivity contribution is 0.193. The average molecular weight is 250 g/mol. The second kappa shape index (κ2) is 6.61. The Morgan fingerprint density at radius 1 is 1.44 bits per heavy atom. The van der Waals surface area contributed by atoms with Crippen molar-refractivity contribution in [2.75, 3.05) is 38.3 Å². The Morgan fingerprint density at radius 3 is 2.94 bits per heavy atom. The van der Waals surface area contributed by atoms with Crippen LogP contribution < -0.4 is 15.4 Å². The summed E-state index contributed by atoms with van der Waals surface area (Å²) in [5.41, 5.74) is 6.78. The van der Waals surface area contributed by atoms with Crippen LogP contribution >= 0.6 is 0 Å². The van der Waals surface area contributed by atoms with Crippen LogP contribution in [0.5, 0.6) is 5.75 Å². The van der Waals surface area contributed by atoms with Crippen LogP contribution in [-0.4, -0.2) is 39.5 Å². The Kier molecular flexibility index (Phi) is 4.84. The Hall–Kier alpha value is -1.26. The summed E-state index contributed by atoms with van der Waals surface area (Å²) in [6, 6.07) is 8.58. The van der Waals surface area contributed by atoms with E-state index in [-0.39, 0.29) is 0 Å². The molecule has 1 saturated heterocycles. The van der Waals surface area contributed by atoms with Gasteiger partial charge in [0.25, 0.3) is 0 Å². The molecule has 1 heterocycles. The van der Waals surface area contributed by atoms with Crippen LogP contribution in [0.2, 0.25) is 0 Å². The number of anilines is 1. The van der Waals surface area contributed by atoms with Crippen molar-refractivity contribution >= 4 is 5.69 Å². The number of hydrogen-bond donors (Lipinski definition) is 1. The van der Waals surface area contributed by atoms with Crippen molar-refractivity contribution < 1.29 is 9.47 Å². The number of para-hydroxylation sites is 2. The Balaban J connectivity index is 2.20. The zero-order valence-corrected chi connectivity index (χ0v) is 11.0. The van der Waals surface area contributed by atoms with Gasteiger partial charge in [-0.15, -0.1) is 0 Å². The van der Waals surface area contributed by atoms with E-state index in [9.17, 15) is 0 Å². The fraction of sp³-hybridized carbons (Fsp3) is 0.571. The van der Waals surface area contributed by atoms with Crippen molar-refractivity contribution in [3.05, 3.63) is 24.3 Å². The SMILES string of the molecule is COc1ccccc1N(CCCN)C1CCOC1. The van der Waals surface area contributed by atoms with Crippen LogP contribution in [0.4, 0.5) is 5.69 Å². The fourth-order valence-corrected chi connectivity index (χ4v) is 2.40. The van der Waals surface area contributed by atoms with Crippen molar-refractivity contribution in [3.63, 3.8) is 0 Å². The first-order chi connectivity index (χ1) is 8.86. The molecule has 1 aliphatic heterocycles. The van der Waals surface area contributed by atoms with E-state index in [0.717, 1.165) is 44.0 Å². The second-order valence-electron chi connectivity index (χ2n) is 4.52. The summed E-state index contributed by atoms with van der Waals surface area (Å²) >= 11 is 0. The summed E-state index contributed by atoms with van der Waals surface area (Å²) in [4.78, 5) is 2.37. The van der Waals surface area contributed by atoms with Crippen LogP contribution in [0.3, 0.4) is 0 Å². The highest BCUT2D eigenvalue weighted by molar-refractivity contribution is 5.59. The van der Waals surface area contributed by atoms with Gasteiger partial charge in [-0.05, 0) is 31.5 Å². The molecule has 1 atom stereocenters. The molecule has 18 heavy (non-hydrogen) atoms. The second-order valence-corrected chi connectivity index (χ2v) is 4.52. The minimum atomic E-state index is 0.438. The Bertz CT molecular complexity index is 365. The lowest BCUT2D eigenvalue weighted by Gasteiger charge is -2.31. The van der Waals surface area contributed by atoms with E-state index in [4.69, 9.17) is 15.2 Å². The van der Waals surface area contributed by atoms with Crippen LogP contribution in [0.15, 0.2) is 24.3 Å². The van der Waals surface area contributed by atoms with E-state index in [1.807, 2.05) is 18.2 Å². The van der Waals surface area contributed by atoms with Gasteiger partial charge in [-0.2, -0.15) is 0 Å². The number of methoxy groups -OCH3 is 1. The maximum absolute atomic E-state index is 5.63. The van der Waals surface area contributed by atoms with Gasteiger partial charge in [0, 0.05) is 13.2 Å². The third-order valence-corrected chi connectivity index (χ3v) is 3.34. The average Bonchev–Trinajstić information content (AvgIpc) is 2.94. The predicted molar refractivity (Wildman–Crippen MR) is 73.2 cm³/mol. The van der Waals surface area contributed by atoms with Crippen molar-refractivity contribution in [2.24, 2.45) is 5.73 Å². The monoisotopic (exact) mass is 250 g/mol. The molecule has 100 valence electrons. The van der Waals surface area contributed by atoms with Gasteiger partial charge >= 0.3 is 0 Å². The minimum absolute atomic E-state index is 0.438. The molecule has 1 fully saturated rings. The van der Waals surface area contributed by atoms with Gasteiger partial charge in [0.2, 0.25) is 0 Å². The molecule has 2 N–H and O–H groups in total. The first-order valence-corrected chi connectivity index (χ1v) is 6.54. The van der Waals surface area contributed by atoms with E-state index in [1.165, 1.54) is 0 Å². The highest BCUT2D eigenvalue weighted by Crippen LogP contribution is 2.31. The number of hydrogen-bond acceptors (Lipinski definition) is 4. The van der Waals surface area contributed by atoms with Gasteiger partial charge in [-0.25, -0.2) is 0 Å². The van der Waals surface area contributed by atoms with E-state index >= 15 is 0 Å². The molecule has 0 aliphatic carbocycles. The van der Waals surface area contributed by atoms with Crippen molar-refractivity contribution in [3.8, 4) is 5.75 Å². The smallest absolute Gasteiger partial charge is 0.142 e. The molecule has 2 rings (SSSR count). The zero-order chi connectivity index (χ0) is 12.8. The summed E-state index contributed by atoms with van der Waals surface area (Å²) in [5, 5.41) is 0. The minimum Gasteiger partial charge on any atom is -0.495 e.